The van der Waals surface area contributed by atoms with Crippen molar-refractivity contribution in [3.8, 4) is 5.69 Å². The van der Waals surface area contributed by atoms with Gasteiger partial charge in [0.05, 0.1) is 11.7 Å². The Morgan fingerprint density at radius 1 is 1.33 bits per heavy atom. The average molecular weight is 407 g/mol. The Morgan fingerprint density at radius 3 is 2.81 bits per heavy atom. The standard InChI is InChI=1S/C20H27ClN4OS/c1-3-18(26)22-14(2)19-23-24-20(27-13-15-8-5-4-6-9-15)25(19)17-11-7-10-16(21)12-17/h7,10-12,14-15H,3-6,8-9,13H2,1-2H3,(H,22,26)/t14-/m0/s1. The Labute approximate surface area is 170 Å². The lowest BCUT2D eigenvalue weighted by atomic mass is 9.91. The Kier molecular flexibility index (Phi) is 7.19. The molecule has 1 fully saturated rings. The van der Waals surface area contributed by atoms with Crippen LogP contribution in [0, 0.1) is 5.92 Å². The summed E-state index contributed by atoms with van der Waals surface area (Å²) in [6.07, 6.45) is 7.06. The molecule has 1 aliphatic rings. The van der Waals surface area contributed by atoms with Crippen LogP contribution in [0.4, 0.5) is 0 Å². The van der Waals surface area contributed by atoms with Gasteiger partial charge in [0, 0.05) is 17.2 Å². The van der Waals surface area contributed by atoms with Gasteiger partial charge in [0.25, 0.3) is 0 Å². The molecule has 0 aliphatic heterocycles. The zero-order valence-electron chi connectivity index (χ0n) is 15.9. The summed E-state index contributed by atoms with van der Waals surface area (Å²) < 4.78 is 2.03. The zero-order valence-corrected chi connectivity index (χ0v) is 17.5. The number of benzene rings is 1. The highest BCUT2D eigenvalue weighted by atomic mass is 35.5. The number of carbonyl (C=O) groups excluding carboxylic acids is 1. The molecule has 1 aromatic heterocycles. The number of thioether (sulfide) groups is 1. The van der Waals surface area contributed by atoms with Crippen LogP contribution in [0.1, 0.15) is 64.2 Å². The molecule has 1 N–H and O–H groups in total. The Bertz CT molecular complexity index is 773. The number of hydrogen-bond donors (Lipinski definition) is 1. The second-order valence-corrected chi connectivity index (χ2v) is 8.54. The van der Waals surface area contributed by atoms with Crippen molar-refractivity contribution in [1.82, 2.24) is 20.1 Å². The lowest BCUT2D eigenvalue weighted by molar-refractivity contribution is -0.121. The molecule has 1 atom stereocenters. The van der Waals surface area contributed by atoms with Gasteiger partial charge in [0.1, 0.15) is 0 Å². The lowest BCUT2D eigenvalue weighted by Crippen LogP contribution is -2.27. The highest BCUT2D eigenvalue weighted by molar-refractivity contribution is 7.99. The molecule has 27 heavy (non-hydrogen) atoms. The summed E-state index contributed by atoms with van der Waals surface area (Å²) in [4.78, 5) is 11.8. The highest BCUT2D eigenvalue weighted by Gasteiger charge is 2.22. The van der Waals surface area contributed by atoms with Gasteiger partial charge in [-0.1, -0.05) is 55.6 Å². The molecule has 1 heterocycles. The Morgan fingerprint density at radius 2 is 2.11 bits per heavy atom. The van der Waals surface area contributed by atoms with Crippen molar-refractivity contribution in [3.05, 3.63) is 35.1 Å². The van der Waals surface area contributed by atoms with Gasteiger partial charge in [0.15, 0.2) is 11.0 Å². The third-order valence-electron chi connectivity index (χ3n) is 4.98. The van der Waals surface area contributed by atoms with Crippen molar-refractivity contribution >= 4 is 29.3 Å². The fourth-order valence-electron chi connectivity index (χ4n) is 3.47. The molecule has 0 spiro atoms. The van der Waals surface area contributed by atoms with Gasteiger partial charge in [-0.25, -0.2) is 0 Å². The van der Waals surface area contributed by atoms with Gasteiger partial charge in [-0.3, -0.25) is 9.36 Å². The van der Waals surface area contributed by atoms with Crippen LogP contribution in [-0.2, 0) is 4.79 Å². The van der Waals surface area contributed by atoms with Crippen molar-refractivity contribution in [2.24, 2.45) is 5.92 Å². The molecule has 7 heteroatoms. The van der Waals surface area contributed by atoms with Crippen molar-refractivity contribution in [2.75, 3.05) is 5.75 Å². The number of nitrogens with zero attached hydrogens (tertiary/aromatic N) is 3. The normalized spacial score (nSPS) is 16.3. The molecular weight excluding hydrogens is 380 g/mol. The van der Waals surface area contributed by atoms with E-state index in [1.807, 2.05) is 42.7 Å². The van der Waals surface area contributed by atoms with Crippen molar-refractivity contribution in [1.29, 1.82) is 0 Å². The van der Waals surface area contributed by atoms with E-state index >= 15 is 0 Å². The minimum Gasteiger partial charge on any atom is -0.346 e. The molecule has 2 aromatic rings. The van der Waals surface area contributed by atoms with E-state index in [1.54, 1.807) is 11.8 Å². The van der Waals surface area contributed by atoms with E-state index in [9.17, 15) is 4.79 Å². The molecule has 5 nitrogen and oxygen atoms in total. The Balaban J connectivity index is 1.87. The molecule has 0 saturated heterocycles. The third kappa shape index (κ3) is 5.26. The summed E-state index contributed by atoms with van der Waals surface area (Å²) in [5, 5.41) is 13.4. The predicted molar refractivity (Wildman–Crippen MR) is 111 cm³/mol. The van der Waals surface area contributed by atoms with E-state index < -0.39 is 0 Å². The summed E-state index contributed by atoms with van der Waals surface area (Å²) >= 11 is 7.97. The number of amides is 1. The maximum Gasteiger partial charge on any atom is 0.220 e. The highest BCUT2D eigenvalue weighted by Crippen LogP contribution is 2.32. The first-order valence-corrected chi connectivity index (χ1v) is 11.1. The van der Waals surface area contributed by atoms with E-state index in [2.05, 4.69) is 15.5 Å². The van der Waals surface area contributed by atoms with E-state index in [1.165, 1.54) is 32.1 Å². The molecule has 146 valence electrons. The molecule has 1 aromatic carbocycles. The molecule has 1 saturated carbocycles. The fraction of sp³-hybridized carbons (Fsp3) is 0.550. The summed E-state index contributed by atoms with van der Waals surface area (Å²) in [5.74, 6) is 2.52. The first-order valence-electron chi connectivity index (χ1n) is 9.72. The maximum absolute atomic E-state index is 11.8. The van der Waals surface area contributed by atoms with Crippen LogP contribution in [0.25, 0.3) is 5.69 Å². The molecule has 0 unspecified atom stereocenters. The molecule has 0 radical (unpaired) electrons. The first-order chi connectivity index (χ1) is 13.1. The molecule has 0 bridgehead atoms. The monoisotopic (exact) mass is 406 g/mol. The number of rotatable bonds is 7. The Hall–Kier alpha value is -1.53. The smallest absolute Gasteiger partial charge is 0.220 e. The van der Waals surface area contributed by atoms with E-state index in [4.69, 9.17) is 11.6 Å². The van der Waals surface area contributed by atoms with E-state index in [0.29, 0.717) is 11.4 Å². The lowest BCUT2D eigenvalue weighted by Gasteiger charge is -2.21. The van der Waals surface area contributed by atoms with E-state index in [-0.39, 0.29) is 11.9 Å². The minimum atomic E-state index is -0.229. The summed E-state index contributed by atoms with van der Waals surface area (Å²) in [5.41, 5.74) is 0.922. The van der Waals surface area contributed by atoms with Gasteiger partial charge < -0.3 is 5.32 Å². The number of nitrogens with one attached hydrogen (secondary N) is 1. The number of halogens is 1. The summed E-state index contributed by atoms with van der Waals surface area (Å²) in [6.45, 7) is 3.78. The van der Waals surface area contributed by atoms with Crippen LogP contribution in [0.3, 0.4) is 0 Å². The second kappa shape index (κ2) is 9.60. The number of hydrogen-bond acceptors (Lipinski definition) is 4. The van der Waals surface area contributed by atoms with Gasteiger partial charge in [-0.15, -0.1) is 10.2 Å². The van der Waals surface area contributed by atoms with Gasteiger partial charge in [-0.05, 0) is 43.9 Å². The van der Waals surface area contributed by atoms with E-state index in [0.717, 1.165) is 28.3 Å². The summed E-state index contributed by atoms with van der Waals surface area (Å²) in [6, 6.07) is 7.46. The number of carbonyl (C=O) groups is 1. The molecule has 3 rings (SSSR count). The maximum atomic E-state index is 11.8. The van der Waals surface area contributed by atoms with Crippen LogP contribution in [0.5, 0.6) is 0 Å². The van der Waals surface area contributed by atoms with Crippen molar-refractivity contribution in [3.63, 3.8) is 0 Å². The van der Waals surface area contributed by atoms with Crippen LogP contribution in [0.2, 0.25) is 5.02 Å². The topological polar surface area (TPSA) is 59.8 Å². The zero-order chi connectivity index (χ0) is 19.2. The summed E-state index contributed by atoms with van der Waals surface area (Å²) in [7, 11) is 0. The molecular formula is C20H27ClN4OS. The SMILES string of the molecule is CCC(=O)N[C@@H](C)c1nnc(SCC2CCCCC2)n1-c1cccc(Cl)c1. The van der Waals surface area contributed by atoms with Crippen LogP contribution in [0.15, 0.2) is 29.4 Å². The van der Waals surface area contributed by atoms with Gasteiger partial charge in [0.2, 0.25) is 5.91 Å². The molecule has 1 aliphatic carbocycles. The predicted octanol–water partition coefficient (Wildman–Crippen LogP) is 5.18. The van der Waals surface area contributed by atoms with Crippen molar-refractivity contribution in [2.45, 2.75) is 63.6 Å². The average Bonchev–Trinajstić information content (AvgIpc) is 3.11. The quantitative estimate of drug-likeness (QED) is 0.643. The fourth-order valence-corrected chi connectivity index (χ4v) is 4.80. The van der Waals surface area contributed by atoms with Crippen molar-refractivity contribution < 1.29 is 4.79 Å². The molecule has 1 amide bonds. The van der Waals surface area contributed by atoms with Gasteiger partial charge in [-0.2, -0.15) is 0 Å². The largest absolute Gasteiger partial charge is 0.346 e. The van der Waals surface area contributed by atoms with Crippen LogP contribution < -0.4 is 5.32 Å². The third-order valence-corrected chi connectivity index (χ3v) is 6.38. The second-order valence-electron chi connectivity index (χ2n) is 7.11. The van der Waals surface area contributed by atoms with Crippen LogP contribution >= 0.6 is 23.4 Å². The van der Waals surface area contributed by atoms with Crippen LogP contribution in [-0.4, -0.2) is 26.4 Å². The number of aromatic nitrogens is 3. The van der Waals surface area contributed by atoms with Gasteiger partial charge >= 0.3 is 0 Å². The first kappa shape index (κ1) is 20.2. The minimum absolute atomic E-state index is 0.000414.